The summed E-state index contributed by atoms with van der Waals surface area (Å²) < 4.78 is 11.6. The highest BCUT2D eigenvalue weighted by molar-refractivity contribution is 5.66. The first-order valence-electron chi connectivity index (χ1n) is 7.45. The van der Waals surface area contributed by atoms with E-state index in [9.17, 15) is 10.1 Å². The zero-order valence-electron chi connectivity index (χ0n) is 13.0. The molecular weight excluding hydrogens is 294 g/mol. The molecule has 0 aromatic heterocycles. The van der Waals surface area contributed by atoms with E-state index in [1.54, 1.807) is 24.3 Å². The van der Waals surface area contributed by atoms with Crippen LogP contribution in [-0.2, 0) is 0 Å². The van der Waals surface area contributed by atoms with Crippen molar-refractivity contribution in [3.63, 3.8) is 0 Å². The third-order valence-electron chi connectivity index (χ3n) is 3.71. The molecule has 0 amide bonds. The van der Waals surface area contributed by atoms with Gasteiger partial charge in [-0.1, -0.05) is 42.0 Å². The Morgan fingerprint density at radius 1 is 1.22 bits per heavy atom. The van der Waals surface area contributed by atoms with Crippen molar-refractivity contribution < 1.29 is 14.4 Å². The lowest BCUT2D eigenvalue weighted by molar-refractivity contribution is -0.434. The van der Waals surface area contributed by atoms with Crippen LogP contribution >= 0.6 is 0 Å². The molecule has 23 heavy (non-hydrogen) atoms. The molecule has 5 heteroatoms. The predicted molar refractivity (Wildman–Crippen MR) is 87.1 cm³/mol. The van der Waals surface area contributed by atoms with Gasteiger partial charge in [-0.3, -0.25) is 10.1 Å². The quantitative estimate of drug-likeness (QED) is 0.628. The first kappa shape index (κ1) is 15.1. The van der Waals surface area contributed by atoms with Crippen LogP contribution in [0, 0.1) is 17.0 Å². The lowest BCUT2D eigenvalue weighted by Gasteiger charge is -2.24. The minimum atomic E-state index is -0.750. The van der Waals surface area contributed by atoms with Crippen molar-refractivity contribution in [2.45, 2.75) is 20.0 Å². The van der Waals surface area contributed by atoms with E-state index >= 15 is 0 Å². The van der Waals surface area contributed by atoms with Gasteiger partial charge in [0.2, 0.25) is 6.10 Å². The number of nitrogens with zero attached hydrogens (tertiary/aromatic N) is 1. The van der Waals surface area contributed by atoms with Gasteiger partial charge in [-0.05, 0) is 19.9 Å². The predicted octanol–water partition coefficient (Wildman–Crippen LogP) is 4.15. The Morgan fingerprint density at radius 2 is 1.96 bits per heavy atom. The summed E-state index contributed by atoms with van der Waals surface area (Å²) in [6.45, 7) is 4.36. The Hall–Kier alpha value is -2.82. The molecule has 0 spiro atoms. The van der Waals surface area contributed by atoms with Crippen molar-refractivity contribution in [3.8, 4) is 11.5 Å². The Bertz CT molecular complexity index is 765. The molecular formula is C18H17NO4. The van der Waals surface area contributed by atoms with Gasteiger partial charge in [-0.25, -0.2) is 0 Å². The van der Waals surface area contributed by atoms with Crippen LogP contribution < -0.4 is 9.47 Å². The molecule has 1 aliphatic rings. The highest BCUT2D eigenvalue weighted by atomic mass is 16.6. The Labute approximate surface area is 134 Å². The number of aryl methyl sites for hydroxylation is 1. The maximum atomic E-state index is 11.5. The van der Waals surface area contributed by atoms with Crippen LogP contribution in [0.3, 0.4) is 0 Å². The van der Waals surface area contributed by atoms with E-state index in [-0.39, 0.29) is 10.6 Å². The summed E-state index contributed by atoms with van der Waals surface area (Å²) in [5, 5.41) is 11.5. The molecule has 5 nitrogen and oxygen atoms in total. The first-order valence-corrected chi connectivity index (χ1v) is 7.45. The fraction of sp³-hybridized carbons (Fsp3) is 0.222. The monoisotopic (exact) mass is 311 g/mol. The molecule has 3 rings (SSSR count). The topological polar surface area (TPSA) is 61.6 Å². The summed E-state index contributed by atoms with van der Waals surface area (Å²) in [7, 11) is 0. The van der Waals surface area contributed by atoms with E-state index in [0.29, 0.717) is 23.7 Å². The third-order valence-corrected chi connectivity index (χ3v) is 3.71. The zero-order chi connectivity index (χ0) is 16.4. The van der Waals surface area contributed by atoms with Crippen LogP contribution in [0.4, 0.5) is 0 Å². The van der Waals surface area contributed by atoms with Crippen LogP contribution in [0.15, 0.2) is 48.2 Å². The van der Waals surface area contributed by atoms with Gasteiger partial charge in [0.25, 0.3) is 5.70 Å². The normalized spacial score (nSPS) is 16.1. The summed E-state index contributed by atoms with van der Waals surface area (Å²) in [5.74, 6) is 1.14. The Kier molecular flexibility index (Phi) is 4.02. The number of rotatable bonds is 4. The third kappa shape index (κ3) is 2.90. The molecule has 2 aromatic rings. The molecule has 0 N–H and O–H groups in total. The van der Waals surface area contributed by atoms with Crippen molar-refractivity contribution in [2.24, 2.45) is 0 Å². The van der Waals surface area contributed by atoms with Crippen molar-refractivity contribution in [3.05, 3.63) is 75.0 Å². The Balaban J connectivity index is 2.09. The molecule has 0 bridgehead atoms. The SMILES string of the molecule is CCOc1cccc2c1O[C@@H](c1ccc(C)cc1)C([N+](=O)[O-])=C2. The number of fused-ring (bicyclic) bond motifs is 1. The van der Waals surface area contributed by atoms with Crippen LogP contribution in [0.25, 0.3) is 6.08 Å². The van der Waals surface area contributed by atoms with Gasteiger partial charge in [-0.15, -0.1) is 0 Å². The van der Waals surface area contributed by atoms with E-state index in [1.165, 1.54) is 0 Å². The van der Waals surface area contributed by atoms with Gasteiger partial charge >= 0.3 is 0 Å². The van der Waals surface area contributed by atoms with Crippen molar-refractivity contribution in [2.75, 3.05) is 6.61 Å². The Morgan fingerprint density at radius 3 is 2.61 bits per heavy atom. The summed E-state index contributed by atoms with van der Waals surface area (Å²) in [6.07, 6.45) is 0.811. The second kappa shape index (κ2) is 6.12. The average molecular weight is 311 g/mol. The van der Waals surface area contributed by atoms with E-state index < -0.39 is 6.10 Å². The number of para-hydroxylation sites is 1. The van der Waals surface area contributed by atoms with E-state index in [0.717, 1.165) is 11.1 Å². The van der Waals surface area contributed by atoms with Gasteiger partial charge in [0, 0.05) is 17.2 Å². The smallest absolute Gasteiger partial charge is 0.291 e. The minimum Gasteiger partial charge on any atom is -0.490 e. The fourth-order valence-corrected chi connectivity index (χ4v) is 2.58. The molecule has 0 radical (unpaired) electrons. The molecule has 0 fully saturated rings. The number of ether oxygens (including phenoxy) is 2. The molecule has 1 aliphatic heterocycles. The lowest BCUT2D eigenvalue weighted by Crippen LogP contribution is -2.20. The summed E-state index contributed by atoms with van der Waals surface area (Å²) in [5.41, 5.74) is 2.52. The van der Waals surface area contributed by atoms with Crippen molar-refractivity contribution >= 4 is 6.08 Å². The lowest BCUT2D eigenvalue weighted by atomic mass is 10.00. The second-order valence-electron chi connectivity index (χ2n) is 5.34. The van der Waals surface area contributed by atoms with Crippen LogP contribution in [0.1, 0.15) is 29.7 Å². The van der Waals surface area contributed by atoms with Crippen LogP contribution in [0.2, 0.25) is 0 Å². The average Bonchev–Trinajstić information content (AvgIpc) is 2.55. The number of hydrogen-bond acceptors (Lipinski definition) is 4. The maximum Gasteiger partial charge on any atom is 0.291 e. The first-order chi connectivity index (χ1) is 11.1. The maximum absolute atomic E-state index is 11.5. The number of benzene rings is 2. The summed E-state index contributed by atoms with van der Waals surface area (Å²) in [6, 6.07) is 12.9. The second-order valence-corrected chi connectivity index (χ2v) is 5.34. The van der Waals surface area contributed by atoms with Crippen LogP contribution in [-0.4, -0.2) is 11.5 Å². The summed E-state index contributed by atoms with van der Waals surface area (Å²) >= 11 is 0. The van der Waals surface area contributed by atoms with Crippen LogP contribution in [0.5, 0.6) is 11.5 Å². The molecule has 0 aliphatic carbocycles. The zero-order valence-corrected chi connectivity index (χ0v) is 13.0. The van der Waals surface area contributed by atoms with E-state index in [1.807, 2.05) is 38.1 Å². The molecule has 0 saturated carbocycles. The molecule has 1 heterocycles. The number of nitro groups is 1. The van der Waals surface area contributed by atoms with Gasteiger partial charge < -0.3 is 9.47 Å². The van der Waals surface area contributed by atoms with E-state index in [4.69, 9.17) is 9.47 Å². The fourth-order valence-electron chi connectivity index (χ4n) is 2.58. The molecule has 118 valence electrons. The van der Waals surface area contributed by atoms with Gasteiger partial charge in [0.15, 0.2) is 11.5 Å². The van der Waals surface area contributed by atoms with Gasteiger partial charge in [0.05, 0.1) is 11.5 Å². The molecule has 2 aromatic carbocycles. The highest BCUT2D eigenvalue weighted by Crippen LogP contribution is 2.42. The van der Waals surface area contributed by atoms with Crippen molar-refractivity contribution in [1.82, 2.24) is 0 Å². The molecule has 0 unspecified atom stereocenters. The molecule has 0 saturated heterocycles. The van der Waals surface area contributed by atoms with E-state index in [2.05, 4.69) is 0 Å². The molecule has 1 atom stereocenters. The largest absolute Gasteiger partial charge is 0.490 e. The minimum absolute atomic E-state index is 0.0231. The van der Waals surface area contributed by atoms with Crippen molar-refractivity contribution in [1.29, 1.82) is 0 Å². The van der Waals surface area contributed by atoms with Gasteiger partial charge in [-0.2, -0.15) is 0 Å². The number of hydrogen-bond donors (Lipinski definition) is 0. The highest BCUT2D eigenvalue weighted by Gasteiger charge is 2.34. The van der Waals surface area contributed by atoms with Gasteiger partial charge in [0.1, 0.15) is 0 Å². The summed E-state index contributed by atoms with van der Waals surface area (Å²) in [4.78, 5) is 11.1. The standard InChI is InChI=1S/C18H17NO4/c1-3-22-16-6-4-5-14-11-15(19(20)21)17(23-18(14)16)13-9-7-12(2)8-10-13/h4-11,17H,3H2,1-2H3/t17-/m0/s1.